The molecule has 114 valence electrons. The molecule has 8 heteroatoms. The van der Waals surface area contributed by atoms with E-state index in [4.69, 9.17) is 4.18 Å². The number of rotatable bonds is 4. The number of hydrogen-bond acceptors (Lipinski definition) is 6. The number of benzene rings is 1. The van der Waals surface area contributed by atoms with Gasteiger partial charge >= 0.3 is 6.09 Å². The summed E-state index contributed by atoms with van der Waals surface area (Å²) in [5.74, 6) is -0.742. The summed E-state index contributed by atoms with van der Waals surface area (Å²) in [6, 6.07) is 6.04. The van der Waals surface area contributed by atoms with Crippen LogP contribution in [-0.2, 0) is 23.8 Å². The number of carbonyl (C=O) groups is 2. The highest BCUT2D eigenvalue weighted by Gasteiger charge is 2.34. The van der Waals surface area contributed by atoms with Crippen LogP contribution in [0.3, 0.4) is 0 Å². The van der Waals surface area contributed by atoms with Gasteiger partial charge in [-0.1, -0.05) is 17.7 Å². The molecule has 0 saturated carbocycles. The van der Waals surface area contributed by atoms with Crippen molar-refractivity contribution in [2.45, 2.75) is 24.8 Å². The van der Waals surface area contributed by atoms with Crippen molar-refractivity contribution in [1.82, 2.24) is 4.90 Å². The number of aryl methyl sites for hydroxylation is 1. The molecular weight excluding hydrogens is 298 g/mol. The fourth-order valence-corrected chi connectivity index (χ4v) is 2.85. The van der Waals surface area contributed by atoms with Crippen LogP contribution in [0.25, 0.3) is 0 Å². The van der Waals surface area contributed by atoms with E-state index in [2.05, 4.69) is 4.74 Å². The molecule has 0 radical (unpaired) electrons. The molecule has 0 aromatic heterocycles. The molecule has 0 spiro atoms. The van der Waals surface area contributed by atoms with Crippen LogP contribution < -0.4 is 0 Å². The molecule has 1 fully saturated rings. The van der Waals surface area contributed by atoms with Gasteiger partial charge in [-0.3, -0.25) is 8.98 Å². The topological polar surface area (TPSA) is 90.0 Å². The zero-order valence-electron chi connectivity index (χ0n) is 11.6. The van der Waals surface area contributed by atoms with Gasteiger partial charge in [0.25, 0.3) is 16.0 Å². The fourth-order valence-electron chi connectivity index (χ4n) is 1.80. The summed E-state index contributed by atoms with van der Waals surface area (Å²) in [5.41, 5.74) is 0.901. The van der Waals surface area contributed by atoms with Crippen LogP contribution in [0.4, 0.5) is 4.79 Å². The first-order valence-electron chi connectivity index (χ1n) is 6.29. The van der Waals surface area contributed by atoms with Gasteiger partial charge in [0.15, 0.2) is 6.10 Å². The van der Waals surface area contributed by atoms with E-state index >= 15 is 0 Å². The van der Waals surface area contributed by atoms with Crippen molar-refractivity contribution in [2.24, 2.45) is 0 Å². The summed E-state index contributed by atoms with van der Waals surface area (Å²) in [6.07, 6.45) is -2.09. The minimum absolute atomic E-state index is 0.0447. The molecule has 1 aromatic rings. The fraction of sp³-hybridized carbons (Fsp3) is 0.385. The first-order valence-corrected chi connectivity index (χ1v) is 7.70. The quantitative estimate of drug-likeness (QED) is 0.772. The zero-order valence-corrected chi connectivity index (χ0v) is 12.4. The number of ether oxygens (including phenoxy) is 1. The lowest BCUT2D eigenvalue weighted by molar-refractivity contribution is -0.134. The third kappa shape index (κ3) is 3.40. The first kappa shape index (κ1) is 15.5. The summed E-state index contributed by atoms with van der Waals surface area (Å²) in [4.78, 5) is 24.0. The summed E-state index contributed by atoms with van der Waals surface area (Å²) in [7, 11) is -4.07. The van der Waals surface area contributed by atoms with Crippen LogP contribution in [-0.4, -0.2) is 44.6 Å². The maximum absolute atomic E-state index is 12.0. The molecular formula is C13H15NO6S. The van der Waals surface area contributed by atoms with Crippen LogP contribution in [0, 0.1) is 6.92 Å². The number of carbonyl (C=O) groups excluding carboxylic acids is 2. The minimum atomic E-state index is -4.07. The predicted octanol–water partition coefficient (Wildman–Crippen LogP) is 1.07. The van der Waals surface area contributed by atoms with E-state index in [1.165, 1.54) is 19.1 Å². The Bertz CT molecular complexity index is 652. The van der Waals surface area contributed by atoms with Gasteiger partial charge in [-0.05, 0) is 26.0 Å². The lowest BCUT2D eigenvalue weighted by Crippen LogP contribution is -2.40. The maximum Gasteiger partial charge on any atom is 0.416 e. The monoisotopic (exact) mass is 313 g/mol. The van der Waals surface area contributed by atoms with Gasteiger partial charge < -0.3 is 4.74 Å². The van der Waals surface area contributed by atoms with Crippen LogP contribution in [0.5, 0.6) is 0 Å². The highest BCUT2D eigenvalue weighted by molar-refractivity contribution is 7.86. The van der Waals surface area contributed by atoms with Crippen LogP contribution in [0.15, 0.2) is 29.2 Å². The third-order valence-electron chi connectivity index (χ3n) is 2.96. The second-order valence-electron chi connectivity index (χ2n) is 4.61. The molecule has 2 rings (SSSR count). The van der Waals surface area contributed by atoms with Crippen molar-refractivity contribution in [3.05, 3.63) is 29.8 Å². The van der Waals surface area contributed by atoms with Crippen molar-refractivity contribution in [2.75, 3.05) is 13.2 Å². The van der Waals surface area contributed by atoms with Gasteiger partial charge in [-0.2, -0.15) is 8.42 Å². The molecule has 1 atom stereocenters. The highest BCUT2D eigenvalue weighted by atomic mass is 32.2. The second kappa shape index (κ2) is 5.82. The SMILES string of the molecule is Cc1ccc(S(=O)(=O)O[C@H](C)C(=O)N2CCOC2=O)cc1. The Hall–Kier alpha value is -1.93. The van der Waals surface area contributed by atoms with E-state index in [0.717, 1.165) is 10.5 Å². The van der Waals surface area contributed by atoms with Crippen molar-refractivity contribution in [3.8, 4) is 0 Å². The molecule has 0 unspecified atom stereocenters. The molecule has 7 nitrogen and oxygen atoms in total. The number of hydrogen-bond donors (Lipinski definition) is 0. The van der Waals surface area contributed by atoms with Crippen molar-refractivity contribution < 1.29 is 26.9 Å². The van der Waals surface area contributed by atoms with Gasteiger partial charge in [0, 0.05) is 0 Å². The molecule has 0 bridgehead atoms. The molecule has 21 heavy (non-hydrogen) atoms. The molecule has 0 aliphatic carbocycles. The Morgan fingerprint density at radius 3 is 2.48 bits per heavy atom. The average Bonchev–Trinajstić information content (AvgIpc) is 2.84. The van der Waals surface area contributed by atoms with E-state index in [9.17, 15) is 18.0 Å². The molecule has 1 aromatic carbocycles. The van der Waals surface area contributed by atoms with Crippen molar-refractivity contribution >= 4 is 22.1 Å². The number of amides is 2. The van der Waals surface area contributed by atoms with Gasteiger partial charge in [0.05, 0.1) is 11.4 Å². The van der Waals surface area contributed by atoms with Crippen molar-refractivity contribution in [1.29, 1.82) is 0 Å². The Balaban J connectivity index is 2.10. The molecule has 1 aliphatic heterocycles. The van der Waals surface area contributed by atoms with Gasteiger partial charge in [0.2, 0.25) is 0 Å². The highest BCUT2D eigenvalue weighted by Crippen LogP contribution is 2.17. The van der Waals surface area contributed by atoms with E-state index in [1.54, 1.807) is 12.1 Å². The van der Waals surface area contributed by atoms with E-state index < -0.39 is 28.2 Å². The molecule has 0 N–H and O–H groups in total. The third-order valence-corrected chi connectivity index (χ3v) is 4.35. The number of nitrogens with zero attached hydrogens (tertiary/aromatic N) is 1. The Kier molecular flexibility index (Phi) is 4.29. The Labute approximate surface area is 122 Å². The molecule has 1 aliphatic rings. The number of imide groups is 1. The molecule has 1 heterocycles. The number of cyclic esters (lactones) is 1. The van der Waals surface area contributed by atoms with Crippen LogP contribution in [0.2, 0.25) is 0 Å². The average molecular weight is 313 g/mol. The van der Waals surface area contributed by atoms with E-state index in [-0.39, 0.29) is 18.0 Å². The smallest absolute Gasteiger partial charge is 0.416 e. The normalized spacial score (nSPS) is 16.7. The standard InChI is InChI=1S/C13H15NO6S/c1-9-3-5-11(6-4-9)21(17,18)20-10(2)12(15)14-7-8-19-13(14)16/h3-6,10H,7-8H2,1-2H3/t10-/m1/s1. The van der Waals surface area contributed by atoms with Gasteiger partial charge in [0.1, 0.15) is 6.61 Å². The summed E-state index contributed by atoms with van der Waals surface area (Å²) >= 11 is 0. The second-order valence-corrected chi connectivity index (χ2v) is 6.18. The zero-order chi connectivity index (χ0) is 15.6. The maximum atomic E-state index is 12.0. The van der Waals surface area contributed by atoms with Gasteiger partial charge in [-0.25, -0.2) is 9.69 Å². The predicted molar refractivity (Wildman–Crippen MR) is 72.0 cm³/mol. The lowest BCUT2D eigenvalue weighted by atomic mass is 10.2. The molecule has 1 saturated heterocycles. The lowest BCUT2D eigenvalue weighted by Gasteiger charge is -2.17. The minimum Gasteiger partial charge on any atom is -0.447 e. The van der Waals surface area contributed by atoms with Gasteiger partial charge in [-0.15, -0.1) is 0 Å². The van der Waals surface area contributed by atoms with E-state index in [1.807, 2.05) is 6.92 Å². The van der Waals surface area contributed by atoms with Crippen molar-refractivity contribution in [3.63, 3.8) is 0 Å². The molecule has 2 amide bonds. The first-order chi connectivity index (χ1) is 9.81. The van der Waals surface area contributed by atoms with Crippen LogP contribution in [0.1, 0.15) is 12.5 Å². The van der Waals surface area contributed by atoms with E-state index in [0.29, 0.717) is 0 Å². The largest absolute Gasteiger partial charge is 0.447 e. The summed E-state index contributed by atoms with van der Waals surface area (Å²) in [5, 5.41) is 0. The van der Waals surface area contributed by atoms with Crippen LogP contribution >= 0.6 is 0 Å². The Morgan fingerprint density at radius 2 is 1.95 bits per heavy atom. The summed E-state index contributed by atoms with van der Waals surface area (Å²) in [6.45, 7) is 3.29. The summed E-state index contributed by atoms with van der Waals surface area (Å²) < 4.78 is 33.6. The Morgan fingerprint density at radius 1 is 1.33 bits per heavy atom.